The summed E-state index contributed by atoms with van der Waals surface area (Å²) in [5.41, 5.74) is 1.61. The van der Waals surface area contributed by atoms with Gasteiger partial charge in [0, 0.05) is 3.57 Å². The van der Waals surface area contributed by atoms with Gasteiger partial charge in [0.2, 0.25) is 10.0 Å². The van der Waals surface area contributed by atoms with Crippen LogP contribution < -0.4 is 15.6 Å². The molecular formula is C9H11FIN3O3S. The number of hydrazine groups is 1. The summed E-state index contributed by atoms with van der Waals surface area (Å²) in [7, 11) is -3.78. The number of rotatable bonds is 4. The van der Waals surface area contributed by atoms with Crippen LogP contribution in [0.1, 0.15) is 0 Å². The van der Waals surface area contributed by atoms with E-state index in [0.717, 1.165) is 6.26 Å². The molecule has 3 N–H and O–H groups in total. The number of sulfonamides is 1. The molecule has 0 bridgehead atoms. The topological polar surface area (TPSA) is 92.5 Å². The van der Waals surface area contributed by atoms with Crippen LogP contribution in [0.25, 0.3) is 0 Å². The lowest BCUT2D eigenvalue weighted by molar-refractivity contribution is -0.119. The highest BCUT2D eigenvalue weighted by Crippen LogP contribution is 2.23. The number of nitrogens with two attached hydrogens (primary N) is 1. The minimum atomic E-state index is -3.78. The SMILES string of the molecule is CS(=O)(=O)N(CC(=O)NN)c1ccc(I)cc1F. The fourth-order valence-electron chi connectivity index (χ4n) is 1.24. The Labute approximate surface area is 117 Å². The first kappa shape index (κ1) is 15.1. The number of benzene rings is 1. The van der Waals surface area contributed by atoms with E-state index in [-0.39, 0.29) is 5.69 Å². The summed E-state index contributed by atoms with van der Waals surface area (Å²) < 4.78 is 38.1. The zero-order valence-electron chi connectivity index (χ0n) is 9.35. The first-order valence-electron chi connectivity index (χ1n) is 4.68. The highest BCUT2D eigenvalue weighted by Gasteiger charge is 2.23. The molecular weight excluding hydrogens is 376 g/mol. The minimum absolute atomic E-state index is 0.193. The number of nitrogens with zero attached hydrogens (tertiary/aromatic N) is 1. The van der Waals surface area contributed by atoms with Crippen LogP contribution in [0.4, 0.5) is 10.1 Å². The monoisotopic (exact) mass is 387 g/mol. The molecule has 1 amide bonds. The lowest BCUT2D eigenvalue weighted by Gasteiger charge is -2.21. The van der Waals surface area contributed by atoms with Crippen molar-refractivity contribution in [3.8, 4) is 0 Å². The van der Waals surface area contributed by atoms with E-state index in [0.29, 0.717) is 7.88 Å². The summed E-state index contributed by atoms with van der Waals surface area (Å²) in [6.07, 6.45) is 0.883. The number of halogens is 2. The fourth-order valence-corrected chi connectivity index (χ4v) is 2.55. The molecule has 0 fully saturated rings. The van der Waals surface area contributed by atoms with Gasteiger partial charge in [0.05, 0.1) is 11.9 Å². The minimum Gasteiger partial charge on any atom is -0.293 e. The highest BCUT2D eigenvalue weighted by molar-refractivity contribution is 14.1. The molecule has 6 nitrogen and oxygen atoms in total. The smallest absolute Gasteiger partial charge is 0.254 e. The van der Waals surface area contributed by atoms with Crippen molar-refractivity contribution in [1.82, 2.24) is 5.43 Å². The molecule has 0 heterocycles. The van der Waals surface area contributed by atoms with Gasteiger partial charge in [-0.25, -0.2) is 18.7 Å². The summed E-state index contributed by atoms with van der Waals surface area (Å²) in [4.78, 5) is 11.2. The largest absolute Gasteiger partial charge is 0.293 e. The van der Waals surface area contributed by atoms with Gasteiger partial charge in [-0.1, -0.05) is 0 Å². The van der Waals surface area contributed by atoms with Crippen LogP contribution >= 0.6 is 22.6 Å². The molecule has 0 radical (unpaired) electrons. The summed E-state index contributed by atoms with van der Waals surface area (Å²) in [6.45, 7) is -0.577. The van der Waals surface area contributed by atoms with Gasteiger partial charge >= 0.3 is 0 Å². The molecule has 100 valence electrons. The van der Waals surface area contributed by atoms with Crippen molar-refractivity contribution in [2.24, 2.45) is 5.84 Å². The van der Waals surface area contributed by atoms with Gasteiger partial charge in [0.15, 0.2) is 0 Å². The maximum absolute atomic E-state index is 13.7. The second-order valence-electron chi connectivity index (χ2n) is 3.43. The van der Waals surface area contributed by atoms with Crippen molar-refractivity contribution in [1.29, 1.82) is 0 Å². The van der Waals surface area contributed by atoms with E-state index >= 15 is 0 Å². The Morgan fingerprint density at radius 3 is 2.61 bits per heavy atom. The van der Waals surface area contributed by atoms with Crippen LogP contribution in [-0.2, 0) is 14.8 Å². The Hall–Kier alpha value is -0.940. The fraction of sp³-hybridized carbons (Fsp3) is 0.222. The number of amides is 1. The van der Waals surface area contributed by atoms with Crippen molar-refractivity contribution in [3.63, 3.8) is 0 Å². The van der Waals surface area contributed by atoms with Gasteiger partial charge in [-0.15, -0.1) is 0 Å². The van der Waals surface area contributed by atoms with Crippen LogP contribution in [0.5, 0.6) is 0 Å². The molecule has 1 aromatic carbocycles. The van der Waals surface area contributed by atoms with Crippen molar-refractivity contribution >= 4 is 44.2 Å². The molecule has 1 rings (SSSR count). The van der Waals surface area contributed by atoms with Gasteiger partial charge in [-0.2, -0.15) is 0 Å². The van der Waals surface area contributed by atoms with Crippen LogP contribution in [0.15, 0.2) is 18.2 Å². The Morgan fingerprint density at radius 1 is 1.56 bits per heavy atom. The Balaban J connectivity index is 3.22. The molecule has 0 aliphatic carbocycles. The third-order valence-corrected chi connectivity index (χ3v) is 3.82. The average Bonchev–Trinajstić information content (AvgIpc) is 2.25. The van der Waals surface area contributed by atoms with Gasteiger partial charge in [0.1, 0.15) is 12.4 Å². The molecule has 0 aliphatic rings. The molecule has 18 heavy (non-hydrogen) atoms. The molecule has 0 saturated heterocycles. The molecule has 0 spiro atoms. The van der Waals surface area contributed by atoms with E-state index in [4.69, 9.17) is 5.84 Å². The number of anilines is 1. The Kier molecular flexibility index (Phi) is 4.87. The zero-order valence-corrected chi connectivity index (χ0v) is 12.3. The van der Waals surface area contributed by atoms with Crippen molar-refractivity contribution < 1.29 is 17.6 Å². The second-order valence-corrected chi connectivity index (χ2v) is 6.59. The van der Waals surface area contributed by atoms with Crippen LogP contribution in [0.3, 0.4) is 0 Å². The molecule has 0 saturated carbocycles. The first-order chi connectivity index (χ1) is 8.25. The predicted octanol–water partition coefficient (Wildman–Crippen LogP) is 0.186. The summed E-state index contributed by atoms with van der Waals surface area (Å²) in [6, 6.07) is 4.01. The summed E-state index contributed by atoms with van der Waals surface area (Å²) in [5.74, 6) is 3.43. The van der Waals surface area contributed by atoms with E-state index in [1.807, 2.05) is 22.6 Å². The molecule has 0 unspecified atom stereocenters. The first-order valence-corrected chi connectivity index (χ1v) is 7.60. The molecule has 0 aromatic heterocycles. The average molecular weight is 387 g/mol. The van der Waals surface area contributed by atoms with Gasteiger partial charge in [0.25, 0.3) is 5.91 Å². The molecule has 0 aliphatic heterocycles. The Bertz CT molecular complexity index is 564. The lowest BCUT2D eigenvalue weighted by Crippen LogP contribution is -2.43. The molecule has 0 atom stereocenters. The number of carbonyl (C=O) groups excluding carboxylic acids is 1. The van der Waals surface area contributed by atoms with E-state index < -0.39 is 28.3 Å². The maximum Gasteiger partial charge on any atom is 0.254 e. The van der Waals surface area contributed by atoms with Gasteiger partial charge in [-0.05, 0) is 40.8 Å². The van der Waals surface area contributed by atoms with Crippen LogP contribution in [0.2, 0.25) is 0 Å². The zero-order chi connectivity index (χ0) is 13.9. The quantitative estimate of drug-likeness (QED) is 0.334. The number of hydrogen-bond donors (Lipinski definition) is 2. The number of hydrogen-bond acceptors (Lipinski definition) is 4. The van der Waals surface area contributed by atoms with Crippen LogP contribution in [0, 0.1) is 9.39 Å². The van der Waals surface area contributed by atoms with Crippen molar-refractivity contribution in [2.45, 2.75) is 0 Å². The third kappa shape index (κ3) is 3.78. The van der Waals surface area contributed by atoms with Crippen LogP contribution in [-0.4, -0.2) is 27.1 Å². The van der Waals surface area contributed by atoms with E-state index in [1.165, 1.54) is 18.2 Å². The molecule has 9 heteroatoms. The lowest BCUT2D eigenvalue weighted by atomic mass is 10.3. The number of nitrogens with one attached hydrogen (secondary N) is 1. The number of carbonyl (C=O) groups is 1. The van der Waals surface area contributed by atoms with Crippen molar-refractivity contribution in [3.05, 3.63) is 27.6 Å². The van der Waals surface area contributed by atoms with E-state index in [2.05, 4.69) is 0 Å². The maximum atomic E-state index is 13.7. The van der Waals surface area contributed by atoms with E-state index in [9.17, 15) is 17.6 Å². The second kappa shape index (κ2) is 5.80. The van der Waals surface area contributed by atoms with E-state index in [1.54, 1.807) is 5.43 Å². The standard InChI is InChI=1S/C9H11FIN3O3S/c1-18(16,17)14(5-9(15)13-12)8-3-2-6(11)4-7(8)10/h2-4H,5,12H2,1H3,(H,13,15). The highest BCUT2D eigenvalue weighted by atomic mass is 127. The summed E-state index contributed by atoms with van der Waals surface area (Å²) >= 11 is 1.89. The van der Waals surface area contributed by atoms with Gasteiger partial charge < -0.3 is 0 Å². The Morgan fingerprint density at radius 2 is 2.17 bits per heavy atom. The predicted molar refractivity (Wildman–Crippen MR) is 73.6 cm³/mol. The summed E-state index contributed by atoms with van der Waals surface area (Å²) in [5, 5.41) is 0. The van der Waals surface area contributed by atoms with Gasteiger partial charge in [-0.3, -0.25) is 14.5 Å². The van der Waals surface area contributed by atoms with Crippen molar-refractivity contribution in [2.75, 3.05) is 17.1 Å². The third-order valence-electron chi connectivity index (χ3n) is 2.03. The normalized spacial score (nSPS) is 11.1. The molecule has 1 aromatic rings.